The fourth-order valence-electron chi connectivity index (χ4n) is 14.6. The van der Waals surface area contributed by atoms with Gasteiger partial charge < -0.3 is 20.3 Å². The van der Waals surface area contributed by atoms with E-state index in [2.05, 4.69) is 31.3 Å². The van der Waals surface area contributed by atoms with Gasteiger partial charge in [0.15, 0.2) is 0 Å². The molecule has 0 aliphatic rings. The highest BCUT2D eigenvalue weighted by molar-refractivity contribution is 5.76. The summed E-state index contributed by atoms with van der Waals surface area (Å²) in [5.74, 6) is -0.0340. The van der Waals surface area contributed by atoms with Crippen molar-refractivity contribution in [1.29, 1.82) is 0 Å². The number of amides is 1. The highest BCUT2D eigenvalue weighted by Crippen LogP contribution is 2.21. The van der Waals surface area contributed by atoms with Crippen LogP contribution in [0.5, 0.6) is 0 Å². The Balaban J connectivity index is 3.31. The number of hydrogen-bond donors (Lipinski definition) is 3. The second-order valence-electron chi connectivity index (χ2n) is 31.3. The molecule has 6 heteroatoms. The number of unbranched alkanes of at least 4 members (excludes halogenated alkanes) is 73. The Bertz CT molecular complexity index is 1530. The zero-order chi connectivity index (χ0) is 69.8. The molecular formula is C91H177NO5. The fourth-order valence-corrected chi connectivity index (χ4v) is 14.6. The zero-order valence-electron chi connectivity index (χ0n) is 66.4. The first kappa shape index (κ1) is 95.3. The average molecular weight is 1370 g/mol. The summed E-state index contributed by atoms with van der Waals surface area (Å²) in [6.45, 7) is 4.96. The lowest BCUT2D eigenvalue weighted by molar-refractivity contribution is -0.143. The molecule has 0 aromatic rings. The summed E-state index contributed by atoms with van der Waals surface area (Å²) in [4.78, 5) is 24.7. The van der Waals surface area contributed by atoms with E-state index in [1.807, 2.05) is 6.08 Å². The maximum Gasteiger partial charge on any atom is 0.305 e. The summed E-state index contributed by atoms with van der Waals surface area (Å²) in [6.07, 6.45) is 114. The predicted molar refractivity (Wildman–Crippen MR) is 430 cm³/mol. The van der Waals surface area contributed by atoms with Gasteiger partial charge in [0.25, 0.3) is 0 Å². The molecule has 0 radical (unpaired) electrons. The summed E-state index contributed by atoms with van der Waals surface area (Å²) < 4.78 is 5.52. The highest BCUT2D eigenvalue weighted by Gasteiger charge is 2.18. The lowest BCUT2D eigenvalue weighted by Crippen LogP contribution is -2.45. The van der Waals surface area contributed by atoms with Gasteiger partial charge in [0.1, 0.15) is 0 Å². The molecule has 0 heterocycles. The van der Waals surface area contributed by atoms with Crippen molar-refractivity contribution in [3.8, 4) is 0 Å². The molecule has 0 aromatic carbocycles. The van der Waals surface area contributed by atoms with E-state index in [0.717, 1.165) is 38.5 Å². The number of carbonyl (C=O) groups is 2. The normalized spacial score (nSPS) is 12.5. The van der Waals surface area contributed by atoms with Gasteiger partial charge in [0, 0.05) is 12.8 Å². The van der Waals surface area contributed by atoms with Gasteiger partial charge in [-0.05, 0) is 57.8 Å². The summed E-state index contributed by atoms with van der Waals surface area (Å²) in [6, 6.07) is -0.624. The van der Waals surface area contributed by atoms with Gasteiger partial charge in [-0.1, -0.05) is 475 Å². The van der Waals surface area contributed by atoms with Crippen molar-refractivity contribution in [2.75, 3.05) is 13.2 Å². The monoisotopic (exact) mass is 1360 g/mol. The quantitative estimate of drug-likeness (QED) is 0.0320. The molecule has 0 fully saturated rings. The van der Waals surface area contributed by atoms with E-state index >= 15 is 0 Å². The second-order valence-corrected chi connectivity index (χ2v) is 31.3. The molecule has 2 unspecified atom stereocenters. The third-order valence-corrected chi connectivity index (χ3v) is 21.5. The minimum atomic E-state index is -0.842. The van der Waals surface area contributed by atoms with E-state index in [4.69, 9.17) is 4.74 Å². The third-order valence-electron chi connectivity index (χ3n) is 21.5. The SMILES string of the molecule is CCCCCCCC/C=C\CCCCCCCCCC(=O)OCCCCCCCCCCCCCCCCCCCCCCCCCCCCCCCCCCCCCCCCCC(=O)NC(CO)C(O)/C=C/CCCCCCCCCCCCCCCCCCCCCCCC. The molecule has 0 aliphatic heterocycles. The third kappa shape index (κ3) is 83.2. The van der Waals surface area contributed by atoms with Gasteiger partial charge in [-0.3, -0.25) is 9.59 Å². The Kier molecular flexibility index (Phi) is 85.3. The van der Waals surface area contributed by atoms with Crippen LogP contribution >= 0.6 is 0 Å². The van der Waals surface area contributed by atoms with Crippen LogP contribution in [0.1, 0.15) is 521 Å². The number of aliphatic hydroxyl groups excluding tert-OH is 2. The van der Waals surface area contributed by atoms with Crippen LogP contribution in [-0.4, -0.2) is 47.4 Å². The first-order valence-corrected chi connectivity index (χ1v) is 45.1. The summed E-state index contributed by atoms with van der Waals surface area (Å²) in [5.41, 5.74) is 0. The number of nitrogens with one attached hydrogen (secondary N) is 1. The molecule has 97 heavy (non-hydrogen) atoms. The topological polar surface area (TPSA) is 95.9 Å². The van der Waals surface area contributed by atoms with Gasteiger partial charge in [-0.15, -0.1) is 0 Å². The smallest absolute Gasteiger partial charge is 0.305 e. The van der Waals surface area contributed by atoms with Crippen molar-refractivity contribution in [1.82, 2.24) is 5.32 Å². The Hall–Kier alpha value is -1.66. The Morgan fingerprint density at radius 2 is 0.485 bits per heavy atom. The highest BCUT2D eigenvalue weighted by atomic mass is 16.5. The lowest BCUT2D eigenvalue weighted by atomic mass is 10.0. The number of hydrogen-bond acceptors (Lipinski definition) is 5. The van der Waals surface area contributed by atoms with Crippen molar-refractivity contribution < 1.29 is 24.5 Å². The van der Waals surface area contributed by atoms with Crippen LogP contribution in [0.4, 0.5) is 0 Å². The van der Waals surface area contributed by atoms with Crippen molar-refractivity contribution in [3.05, 3.63) is 24.3 Å². The van der Waals surface area contributed by atoms with Crippen LogP contribution in [0, 0.1) is 0 Å². The molecule has 3 N–H and O–H groups in total. The number of allylic oxidation sites excluding steroid dienone is 3. The zero-order valence-corrected chi connectivity index (χ0v) is 66.4. The van der Waals surface area contributed by atoms with Gasteiger partial charge in [0.05, 0.1) is 25.4 Å². The molecule has 0 spiro atoms. The van der Waals surface area contributed by atoms with Crippen molar-refractivity contribution in [2.24, 2.45) is 0 Å². The van der Waals surface area contributed by atoms with E-state index in [-0.39, 0.29) is 18.5 Å². The fraction of sp³-hybridized carbons (Fsp3) is 0.934. The van der Waals surface area contributed by atoms with Crippen LogP contribution in [0.25, 0.3) is 0 Å². The largest absolute Gasteiger partial charge is 0.466 e. The second kappa shape index (κ2) is 86.7. The molecule has 0 bridgehead atoms. The Labute approximate surface area is 609 Å². The summed E-state index contributed by atoms with van der Waals surface area (Å²) >= 11 is 0. The van der Waals surface area contributed by atoms with Gasteiger partial charge in [-0.2, -0.15) is 0 Å². The van der Waals surface area contributed by atoms with Crippen LogP contribution in [0.2, 0.25) is 0 Å². The molecule has 2 atom stereocenters. The number of carbonyl (C=O) groups excluding carboxylic acids is 2. The molecule has 0 aliphatic carbocycles. The van der Waals surface area contributed by atoms with Crippen molar-refractivity contribution in [2.45, 2.75) is 533 Å². The van der Waals surface area contributed by atoms with Gasteiger partial charge in [-0.25, -0.2) is 0 Å². The van der Waals surface area contributed by atoms with Crippen LogP contribution in [-0.2, 0) is 14.3 Å². The van der Waals surface area contributed by atoms with Crippen LogP contribution < -0.4 is 5.32 Å². The van der Waals surface area contributed by atoms with E-state index in [9.17, 15) is 19.8 Å². The Morgan fingerprint density at radius 1 is 0.278 bits per heavy atom. The molecule has 0 rings (SSSR count). The van der Waals surface area contributed by atoms with E-state index in [1.54, 1.807) is 6.08 Å². The minimum absolute atomic E-state index is 0.0218. The summed E-state index contributed by atoms with van der Waals surface area (Å²) in [7, 11) is 0. The van der Waals surface area contributed by atoms with Gasteiger partial charge >= 0.3 is 5.97 Å². The van der Waals surface area contributed by atoms with Crippen molar-refractivity contribution in [3.63, 3.8) is 0 Å². The lowest BCUT2D eigenvalue weighted by Gasteiger charge is -2.20. The van der Waals surface area contributed by atoms with Crippen molar-refractivity contribution >= 4 is 11.9 Å². The first-order chi connectivity index (χ1) is 48.0. The molecule has 6 nitrogen and oxygen atoms in total. The maximum absolute atomic E-state index is 12.6. The maximum atomic E-state index is 12.6. The molecule has 0 saturated heterocycles. The number of esters is 1. The van der Waals surface area contributed by atoms with E-state index < -0.39 is 12.1 Å². The molecule has 0 saturated carbocycles. The molecule has 576 valence electrons. The Morgan fingerprint density at radius 3 is 0.732 bits per heavy atom. The number of ether oxygens (including phenoxy) is 1. The predicted octanol–water partition coefficient (Wildman–Crippen LogP) is 30.3. The first-order valence-electron chi connectivity index (χ1n) is 45.1. The number of aliphatic hydroxyl groups is 2. The molecule has 0 aromatic heterocycles. The van der Waals surface area contributed by atoms with Crippen LogP contribution in [0.3, 0.4) is 0 Å². The molecule has 1 amide bonds. The average Bonchev–Trinajstić information content (AvgIpc) is 2.53. The standard InChI is InChI=1S/C91H177NO5/c1-3-5-7-9-11-13-15-17-19-21-22-23-24-42-45-48-52-55-59-63-67-71-75-79-83-89(94)88(87-93)92-90(95)84-80-76-72-68-64-60-56-53-49-46-43-40-38-36-34-32-30-28-26-25-27-29-31-33-35-37-39-41-44-47-50-54-58-62-66-70-74-78-82-86-97-91(96)85-81-77-73-69-65-61-57-51-20-18-16-14-12-10-8-6-4-2/h18,20,79,83,88-89,93-94H,3-17,19,21-78,80-82,84-87H2,1-2H3,(H,92,95)/b20-18-,83-79+. The minimum Gasteiger partial charge on any atom is -0.466 e. The number of rotatable bonds is 86. The van der Waals surface area contributed by atoms with Gasteiger partial charge in [0.2, 0.25) is 5.91 Å². The van der Waals surface area contributed by atoms with E-state index in [0.29, 0.717) is 19.4 Å². The van der Waals surface area contributed by atoms with E-state index in [1.165, 1.54) is 456 Å². The van der Waals surface area contributed by atoms with Crippen LogP contribution in [0.15, 0.2) is 24.3 Å². The molecular weight excluding hydrogens is 1190 g/mol. The summed E-state index contributed by atoms with van der Waals surface area (Å²) in [5, 5.41) is 23.3.